The number of piperidine rings is 1. The Bertz CT molecular complexity index is 528. The minimum absolute atomic E-state index is 0.330. The minimum Gasteiger partial charge on any atom is -0.373 e. The van der Waals surface area contributed by atoms with Gasteiger partial charge in [-0.05, 0) is 37.6 Å². The molecule has 1 aliphatic rings. The van der Waals surface area contributed by atoms with Gasteiger partial charge in [-0.15, -0.1) is 0 Å². The van der Waals surface area contributed by atoms with E-state index in [0.29, 0.717) is 11.7 Å². The van der Waals surface area contributed by atoms with Crippen molar-refractivity contribution >= 4 is 5.69 Å². The first-order valence-corrected chi connectivity index (χ1v) is 6.97. The van der Waals surface area contributed by atoms with Gasteiger partial charge in [0.1, 0.15) is 0 Å². The first-order valence-electron chi connectivity index (χ1n) is 6.97. The lowest BCUT2D eigenvalue weighted by Gasteiger charge is -2.29. The number of rotatable bonds is 3. The fourth-order valence-electron chi connectivity index (χ4n) is 2.63. The van der Waals surface area contributed by atoms with Crippen molar-refractivity contribution in [3.63, 3.8) is 0 Å². The number of nitrogens with zero attached hydrogens (tertiary/aromatic N) is 2. The molecule has 0 saturated carbocycles. The van der Waals surface area contributed by atoms with Gasteiger partial charge in [-0.2, -0.15) is 18.4 Å². The molecule has 1 atom stereocenters. The average molecular weight is 297 g/mol. The van der Waals surface area contributed by atoms with Crippen LogP contribution >= 0.6 is 0 Å². The molecule has 2 rings (SSSR count). The van der Waals surface area contributed by atoms with E-state index in [1.54, 1.807) is 6.07 Å². The van der Waals surface area contributed by atoms with E-state index in [1.165, 1.54) is 25.0 Å². The van der Waals surface area contributed by atoms with Gasteiger partial charge in [0, 0.05) is 25.3 Å². The molecule has 1 saturated heterocycles. The van der Waals surface area contributed by atoms with E-state index in [-0.39, 0.29) is 5.56 Å². The topological polar surface area (TPSA) is 39.1 Å². The van der Waals surface area contributed by atoms with Crippen molar-refractivity contribution < 1.29 is 13.2 Å². The summed E-state index contributed by atoms with van der Waals surface area (Å²) in [5, 5.41) is 12.3. The van der Waals surface area contributed by atoms with Crippen LogP contribution in [0.5, 0.6) is 0 Å². The smallest absolute Gasteiger partial charge is 0.373 e. The third-order valence-electron chi connectivity index (χ3n) is 3.78. The molecule has 0 radical (unpaired) electrons. The van der Waals surface area contributed by atoms with Gasteiger partial charge in [0.05, 0.1) is 17.2 Å². The maximum Gasteiger partial charge on any atom is 0.417 e. The first-order chi connectivity index (χ1) is 9.91. The van der Waals surface area contributed by atoms with E-state index in [2.05, 4.69) is 5.32 Å². The Labute approximate surface area is 122 Å². The van der Waals surface area contributed by atoms with Crippen LogP contribution in [0.2, 0.25) is 0 Å². The van der Waals surface area contributed by atoms with Crippen LogP contribution in [0.1, 0.15) is 30.4 Å². The van der Waals surface area contributed by atoms with E-state index in [9.17, 15) is 13.2 Å². The van der Waals surface area contributed by atoms with Gasteiger partial charge in [-0.25, -0.2) is 0 Å². The average Bonchev–Trinajstić information content (AvgIpc) is 2.46. The van der Waals surface area contributed by atoms with Crippen LogP contribution in [-0.4, -0.2) is 26.2 Å². The number of alkyl halides is 3. The lowest BCUT2D eigenvalue weighted by Crippen LogP contribution is -2.42. The van der Waals surface area contributed by atoms with Gasteiger partial charge in [0.25, 0.3) is 0 Å². The lowest BCUT2D eigenvalue weighted by molar-refractivity contribution is -0.137. The number of hydrogen-bond donors (Lipinski definition) is 1. The molecule has 0 aromatic heterocycles. The fourth-order valence-corrected chi connectivity index (χ4v) is 2.63. The van der Waals surface area contributed by atoms with Crippen LogP contribution in [0.25, 0.3) is 0 Å². The quantitative estimate of drug-likeness (QED) is 0.931. The highest BCUT2D eigenvalue weighted by Gasteiger charge is 2.33. The molecule has 1 heterocycles. The highest BCUT2D eigenvalue weighted by atomic mass is 19.4. The molecule has 1 aliphatic heterocycles. The molecule has 0 amide bonds. The SMILES string of the molecule is CN(CC1CCCCN1)c1ccc(C(F)(F)F)c(C#N)c1. The third-order valence-corrected chi connectivity index (χ3v) is 3.78. The summed E-state index contributed by atoms with van der Waals surface area (Å²) in [7, 11) is 1.83. The van der Waals surface area contributed by atoms with E-state index in [0.717, 1.165) is 25.6 Å². The van der Waals surface area contributed by atoms with Crippen LogP contribution in [0.4, 0.5) is 18.9 Å². The summed E-state index contributed by atoms with van der Waals surface area (Å²) in [6, 6.07) is 5.70. The molecular weight excluding hydrogens is 279 g/mol. The normalized spacial score (nSPS) is 19.1. The molecule has 0 bridgehead atoms. The summed E-state index contributed by atoms with van der Waals surface area (Å²) in [6.07, 6.45) is -1.09. The van der Waals surface area contributed by atoms with Crippen molar-refractivity contribution in [3.8, 4) is 6.07 Å². The van der Waals surface area contributed by atoms with Crippen LogP contribution in [-0.2, 0) is 6.18 Å². The summed E-state index contributed by atoms with van der Waals surface area (Å²) >= 11 is 0. The van der Waals surface area contributed by atoms with Crippen molar-refractivity contribution in [2.45, 2.75) is 31.5 Å². The Kier molecular flexibility index (Phi) is 4.73. The maximum atomic E-state index is 12.8. The minimum atomic E-state index is -4.49. The molecule has 1 unspecified atom stereocenters. The summed E-state index contributed by atoms with van der Waals surface area (Å²) in [5.41, 5.74) is -0.576. The van der Waals surface area contributed by atoms with Crippen molar-refractivity contribution in [2.24, 2.45) is 0 Å². The van der Waals surface area contributed by atoms with Crippen LogP contribution < -0.4 is 10.2 Å². The van der Waals surface area contributed by atoms with Gasteiger partial charge in [-0.1, -0.05) is 6.42 Å². The Balaban J connectivity index is 2.14. The predicted molar refractivity (Wildman–Crippen MR) is 75.1 cm³/mol. The number of benzene rings is 1. The molecular formula is C15H18F3N3. The highest BCUT2D eigenvalue weighted by molar-refractivity contribution is 5.55. The molecule has 3 nitrogen and oxygen atoms in total. The number of nitrogens with one attached hydrogen (secondary N) is 1. The Morgan fingerprint density at radius 1 is 1.38 bits per heavy atom. The second-order valence-corrected chi connectivity index (χ2v) is 5.37. The summed E-state index contributed by atoms with van der Waals surface area (Å²) in [4.78, 5) is 1.89. The van der Waals surface area contributed by atoms with Gasteiger partial charge < -0.3 is 10.2 Å². The third kappa shape index (κ3) is 3.88. The Hall–Kier alpha value is -1.74. The second-order valence-electron chi connectivity index (χ2n) is 5.37. The first kappa shape index (κ1) is 15.6. The van der Waals surface area contributed by atoms with Crippen LogP contribution in [0.3, 0.4) is 0 Å². The summed E-state index contributed by atoms with van der Waals surface area (Å²) < 4.78 is 38.3. The molecule has 0 aliphatic carbocycles. The fraction of sp³-hybridized carbons (Fsp3) is 0.533. The molecule has 1 fully saturated rings. The maximum absolute atomic E-state index is 12.8. The second kappa shape index (κ2) is 6.35. The van der Waals surface area contributed by atoms with E-state index in [4.69, 9.17) is 5.26 Å². The zero-order valence-corrected chi connectivity index (χ0v) is 11.9. The Morgan fingerprint density at radius 2 is 2.14 bits per heavy atom. The molecule has 1 aromatic rings. The van der Waals surface area contributed by atoms with Crippen LogP contribution in [0.15, 0.2) is 18.2 Å². The predicted octanol–water partition coefficient (Wildman–Crippen LogP) is 3.16. The molecule has 0 spiro atoms. The molecule has 1 N–H and O–H groups in total. The highest BCUT2D eigenvalue weighted by Crippen LogP contribution is 2.33. The van der Waals surface area contributed by atoms with Crippen molar-refractivity contribution in [3.05, 3.63) is 29.3 Å². The van der Waals surface area contributed by atoms with Crippen molar-refractivity contribution in [1.29, 1.82) is 5.26 Å². The number of hydrogen-bond acceptors (Lipinski definition) is 3. The summed E-state index contributed by atoms with van der Waals surface area (Å²) in [5.74, 6) is 0. The van der Waals surface area contributed by atoms with Crippen molar-refractivity contribution in [2.75, 3.05) is 25.0 Å². The number of nitriles is 1. The molecule has 1 aromatic carbocycles. The van der Waals surface area contributed by atoms with Gasteiger partial charge >= 0.3 is 6.18 Å². The molecule has 114 valence electrons. The van der Waals surface area contributed by atoms with E-state index >= 15 is 0 Å². The number of halogens is 3. The molecule has 6 heteroatoms. The molecule has 21 heavy (non-hydrogen) atoms. The van der Waals surface area contributed by atoms with E-state index < -0.39 is 11.7 Å². The largest absolute Gasteiger partial charge is 0.417 e. The number of likely N-dealkylation sites (N-methyl/N-ethyl adjacent to an activating group) is 1. The van der Waals surface area contributed by atoms with Crippen LogP contribution in [0, 0.1) is 11.3 Å². The van der Waals surface area contributed by atoms with Gasteiger partial charge in [-0.3, -0.25) is 0 Å². The van der Waals surface area contributed by atoms with Crippen molar-refractivity contribution in [1.82, 2.24) is 5.32 Å². The monoisotopic (exact) mass is 297 g/mol. The zero-order chi connectivity index (χ0) is 15.5. The number of anilines is 1. The summed E-state index contributed by atoms with van der Waals surface area (Å²) in [6.45, 7) is 1.70. The zero-order valence-electron chi connectivity index (χ0n) is 11.9. The Morgan fingerprint density at radius 3 is 2.71 bits per heavy atom. The lowest BCUT2D eigenvalue weighted by atomic mass is 10.0. The van der Waals surface area contributed by atoms with E-state index in [1.807, 2.05) is 11.9 Å². The van der Waals surface area contributed by atoms with Gasteiger partial charge in [0.15, 0.2) is 0 Å². The van der Waals surface area contributed by atoms with Gasteiger partial charge in [0.2, 0.25) is 0 Å². The standard InChI is InChI=1S/C15H18F3N3/c1-21(10-12-4-2-3-7-20-12)13-5-6-14(15(16,17)18)11(8-13)9-19/h5-6,8,12,20H,2-4,7,10H2,1H3.